The van der Waals surface area contributed by atoms with Crippen molar-refractivity contribution < 1.29 is 23.9 Å². The van der Waals surface area contributed by atoms with Gasteiger partial charge in [-0.25, -0.2) is 9.37 Å². The van der Waals surface area contributed by atoms with E-state index in [1.54, 1.807) is 32.1 Å². The minimum atomic E-state index is -1.97. The van der Waals surface area contributed by atoms with Crippen molar-refractivity contribution >= 4 is 72.7 Å². The molecule has 0 spiro atoms. The highest BCUT2D eigenvalue weighted by molar-refractivity contribution is 9.10. The SMILES string of the molecule is Cc1ncsc1-c1ccc([C@H](C[C@@H](C)CN2CCC(c3ccc4c(c3)n(C3CCCC3)c3nc(=O)c5c(Br)cccc5n43)CC2)NC(=O)[C@@H]2C[C@@H](O)CN2C(=O)[C@@H](NC(=O)C2(F)CC2)C(C)(C)C)cc1. The lowest BCUT2D eigenvalue weighted by atomic mass is 9.85. The number of alkyl halides is 1. The summed E-state index contributed by atoms with van der Waals surface area (Å²) in [7, 11) is 0. The van der Waals surface area contributed by atoms with Crippen LogP contribution < -0.4 is 16.2 Å². The van der Waals surface area contributed by atoms with Crippen molar-refractivity contribution in [2.75, 3.05) is 26.2 Å². The molecule has 10 rings (SSSR count). The molecule has 3 aromatic heterocycles. The smallest absolute Gasteiger partial charge is 0.283 e. The highest BCUT2D eigenvalue weighted by Crippen LogP contribution is 2.42. The molecule has 2 saturated carbocycles. The number of carbonyl (C=O) groups is 3. The molecule has 4 fully saturated rings. The van der Waals surface area contributed by atoms with Crippen LogP contribution in [-0.2, 0) is 14.4 Å². The lowest BCUT2D eigenvalue weighted by Crippen LogP contribution is -2.59. The summed E-state index contributed by atoms with van der Waals surface area (Å²) in [6, 6.07) is 18.8. The number of imidazole rings is 1. The molecule has 3 aromatic carbocycles. The van der Waals surface area contributed by atoms with Gasteiger partial charge in [-0.05, 0) is 139 Å². The molecule has 5 atom stereocenters. The van der Waals surface area contributed by atoms with Crippen molar-refractivity contribution in [2.45, 2.75) is 141 Å². The standard InChI is InChI=1S/C54H64BrFN8O5S/c1-31(28-61-23-19-33(20-24-61)36-17-18-41-43(26-36)63(37-9-6-7-10-37)52-60-49(67)45-39(55)11-8-12-42(45)64(41)52)25-40(34-13-15-35(16-14-34)46-32(2)57-30-70-46)58-48(66)44-27-38(65)29-62(44)50(68)47(53(3,4)5)59-51(69)54(56)21-22-54/h8,11-18,26,30-31,33,37-38,40,44,47,65H,6-7,9-10,19-25,27-29H2,1-5H3,(H,58,66)(H,59,69)/t31-,38-,40+,44+,47-/m1/s1. The number of hydrogen-bond acceptors (Lipinski definition) is 9. The summed E-state index contributed by atoms with van der Waals surface area (Å²) in [5, 5.41) is 17.5. The number of aromatic nitrogens is 4. The Hall–Kier alpha value is -5.03. The number of aliphatic hydroxyl groups is 1. The van der Waals surface area contributed by atoms with Gasteiger partial charge in [0.25, 0.3) is 11.5 Å². The van der Waals surface area contributed by atoms with Crippen molar-refractivity contribution in [3.05, 3.63) is 97.8 Å². The molecule has 370 valence electrons. The molecule has 4 aliphatic rings. The Labute approximate surface area is 420 Å². The van der Waals surface area contributed by atoms with Gasteiger partial charge in [0.1, 0.15) is 12.1 Å². The first-order valence-electron chi connectivity index (χ1n) is 25.1. The van der Waals surface area contributed by atoms with Crippen LogP contribution in [0.3, 0.4) is 0 Å². The number of aliphatic hydroxyl groups excluding tert-OH is 1. The minimum Gasteiger partial charge on any atom is -0.391 e. The number of likely N-dealkylation sites (tertiary alicyclic amines) is 2. The summed E-state index contributed by atoms with van der Waals surface area (Å²) in [5.74, 6) is -0.421. The number of nitrogens with one attached hydrogen (secondary N) is 2. The molecule has 70 heavy (non-hydrogen) atoms. The Morgan fingerprint density at radius 1 is 0.971 bits per heavy atom. The van der Waals surface area contributed by atoms with Crippen LogP contribution in [0, 0.1) is 18.3 Å². The second kappa shape index (κ2) is 19.2. The number of carbonyl (C=O) groups excluding carboxylic acids is 3. The van der Waals surface area contributed by atoms with E-state index in [-0.39, 0.29) is 43.2 Å². The maximum Gasteiger partial charge on any atom is 0.283 e. The topological polar surface area (TPSA) is 154 Å². The maximum absolute atomic E-state index is 14.8. The summed E-state index contributed by atoms with van der Waals surface area (Å²) >= 11 is 5.20. The van der Waals surface area contributed by atoms with Gasteiger partial charge in [0.2, 0.25) is 17.6 Å². The number of rotatable bonds is 13. The summed E-state index contributed by atoms with van der Waals surface area (Å²) in [6.45, 7) is 12.2. The van der Waals surface area contributed by atoms with Crippen LogP contribution in [-0.4, -0.2) is 102 Å². The molecule has 0 unspecified atom stereocenters. The molecule has 2 aliphatic carbocycles. The average molecular weight is 1040 g/mol. The number of nitrogens with zero attached hydrogens (tertiary/aromatic N) is 6. The zero-order valence-corrected chi connectivity index (χ0v) is 43.1. The van der Waals surface area contributed by atoms with Crippen LogP contribution in [0.2, 0.25) is 0 Å². The first-order chi connectivity index (χ1) is 33.5. The molecule has 5 heterocycles. The first kappa shape index (κ1) is 48.6. The Morgan fingerprint density at radius 3 is 2.37 bits per heavy atom. The average Bonchev–Trinajstić information content (AvgIpc) is 3.78. The molecule has 16 heteroatoms. The van der Waals surface area contributed by atoms with Gasteiger partial charge in [-0.3, -0.25) is 23.6 Å². The number of halogens is 2. The number of hydrogen-bond donors (Lipinski definition) is 3. The molecular formula is C54H64BrFN8O5S. The number of fused-ring (bicyclic) bond motifs is 5. The predicted octanol–water partition coefficient (Wildman–Crippen LogP) is 9.17. The number of thiazole rings is 1. The normalized spacial score (nSPS) is 21.4. The lowest BCUT2D eigenvalue weighted by molar-refractivity contribution is -0.145. The fourth-order valence-corrected chi connectivity index (χ4v) is 12.8. The molecule has 13 nitrogen and oxygen atoms in total. The number of aryl methyl sites for hydroxylation is 1. The summed E-state index contributed by atoms with van der Waals surface area (Å²) < 4.78 is 20.1. The Kier molecular flexibility index (Phi) is 13.3. The van der Waals surface area contributed by atoms with Gasteiger partial charge >= 0.3 is 0 Å². The number of piperidine rings is 1. The van der Waals surface area contributed by atoms with Crippen molar-refractivity contribution in [1.82, 2.24) is 39.4 Å². The van der Waals surface area contributed by atoms with E-state index in [1.165, 1.54) is 10.5 Å². The van der Waals surface area contributed by atoms with Gasteiger partial charge in [0.05, 0.1) is 50.2 Å². The summed E-state index contributed by atoms with van der Waals surface area (Å²) in [6.07, 6.45) is 6.46. The molecule has 0 radical (unpaired) electrons. The monoisotopic (exact) mass is 1030 g/mol. The van der Waals surface area contributed by atoms with Crippen molar-refractivity contribution in [3.8, 4) is 10.4 Å². The van der Waals surface area contributed by atoms with Crippen molar-refractivity contribution in [2.24, 2.45) is 11.3 Å². The van der Waals surface area contributed by atoms with Gasteiger partial charge < -0.3 is 30.1 Å². The van der Waals surface area contributed by atoms with Crippen LogP contribution in [0.15, 0.2) is 75.4 Å². The summed E-state index contributed by atoms with van der Waals surface area (Å²) in [4.78, 5) is 69.3. The fourth-order valence-electron chi connectivity index (χ4n) is 11.5. The number of benzene rings is 3. The van der Waals surface area contributed by atoms with E-state index in [0.29, 0.717) is 29.5 Å². The van der Waals surface area contributed by atoms with E-state index in [4.69, 9.17) is 4.98 Å². The quantitative estimate of drug-likeness (QED) is 0.104. The Balaban J connectivity index is 0.854. The molecule has 2 saturated heterocycles. The first-order valence-corrected chi connectivity index (χ1v) is 26.8. The van der Waals surface area contributed by atoms with Crippen molar-refractivity contribution in [3.63, 3.8) is 0 Å². The second-order valence-electron chi connectivity index (χ2n) is 21.7. The van der Waals surface area contributed by atoms with Crippen LogP contribution in [0.4, 0.5) is 4.39 Å². The fraction of sp³-hybridized carbons (Fsp3) is 0.519. The van der Waals surface area contributed by atoms with Crippen LogP contribution >= 0.6 is 27.3 Å². The van der Waals surface area contributed by atoms with Gasteiger partial charge in [-0.2, -0.15) is 4.98 Å². The molecule has 3 amide bonds. The van der Waals surface area contributed by atoms with E-state index < -0.39 is 47.1 Å². The van der Waals surface area contributed by atoms with Gasteiger partial charge in [0, 0.05) is 30.0 Å². The molecule has 3 N–H and O–H groups in total. The number of amides is 3. The van der Waals surface area contributed by atoms with E-state index >= 15 is 0 Å². The Morgan fingerprint density at radius 2 is 1.70 bits per heavy atom. The summed E-state index contributed by atoms with van der Waals surface area (Å²) in [5.41, 5.74) is 6.17. The third-order valence-corrected chi connectivity index (χ3v) is 17.1. The van der Waals surface area contributed by atoms with E-state index in [2.05, 4.69) is 94.8 Å². The largest absolute Gasteiger partial charge is 0.391 e. The van der Waals surface area contributed by atoms with Gasteiger partial charge in [0.15, 0.2) is 5.67 Å². The lowest BCUT2D eigenvalue weighted by Gasteiger charge is -2.36. The van der Waals surface area contributed by atoms with E-state index in [0.717, 1.165) is 101 Å². The molecular weight excluding hydrogens is 972 g/mol. The number of β-amino-alcohol motifs (C(OH)–C–C–N with tert-alkyl or cyclic N) is 1. The van der Waals surface area contributed by atoms with Gasteiger partial charge in [-0.15, -0.1) is 11.3 Å². The van der Waals surface area contributed by atoms with E-state index in [9.17, 15) is 28.7 Å². The van der Waals surface area contributed by atoms with Gasteiger partial charge in [-0.1, -0.05) is 76.9 Å². The second-order valence-corrected chi connectivity index (χ2v) is 23.5. The molecule has 6 aromatic rings. The zero-order valence-electron chi connectivity index (χ0n) is 40.7. The molecule has 2 aliphatic heterocycles. The highest BCUT2D eigenvalue weighted by atomic mass is 79.9. The Bertz CT molecular complexity index is 3020. The minimum absolute atomic E-state index is 0.0533. The maximum atomic E-state index is 14.8. The zero-order chi connectivity index (χ0) is 49.2. The molecule has 0 bridgehead atoms. The van der Waals surface area contributed by atoms with Crippen LogP contribution in [0.5, 0.6) is 0 Å². The third kappa shape index (κ3) is 9.45. The highest BCUT2D eigenvalue weighted by Gasteiger charge is 2.53. The third-order valence-electron chi connectivity index (χ3n) is 15.5. The van der Waals surface area contributed by atoms with Crippen molar-refractivity contribution in [1.29, 1.82) is 0 Å². The van der Waals surface area contributed by atoms with Crippen LogP contribution in [0.1, 0.15) is 127 Å². The predicted molar refractivity (Wildman–Crippen MR) is 276 cm³/mol. The van der Waals surface area contributed by atoms with Crippen LogP contribution in [0.25, 0.3) is 38.2 Å². The van der Waals surface area contributed by atoms with E-state index in [1.807, 2.05) is 30.6 Å².